The molecule has 0 unspecified atom stereocenters. The lowest BCUT2D eigenvalue weighted by Gasteiger charge is -2.32. The summed E-state index contributed by atoms with van der Waals surface area (Å²) in [6, 6.07) is 37.4. The summed E-state index contributed by atoms with van der Waals surface area (Å²) < 4.78 is 12.9. The van der Waals surface area contributed by atoms with Gasteiger partial charge in [-0.15, -0.1) is 0 Å². The molecule has 0 spiro atoms. The maximum Gasteiger partial charge on any atom is 0.495 e. The van der Waals surface area contributed by atoms with Crippen molar-refractivity contribution < 1.29 is 9.31 Å². The van der Waals surface area contributed by atoms with Gasteiger partial charge in [0.25, 0.3) is 0 Å². The van der Waals surface area contributed by atoms with E-state index in [9.17, 15) is 0 Å². The first kappa shape index (κ1) is 22.5. The number of fused-ring (bicyclic) bond motifs is 7. The van der Waals surface area contributed by atoms with Crippen molar-refractivity contribution in [3.8, 4) is 11.1 Å². The van der Waals surface area contributed by atoms with Gasteiger partial charge in [-0.05, 0) is 93.4 Å². The third-order valence-corrected chi connectivity index (χ3v) is 8.52. The standard InChI is InChI=1S/C34H29BO2/c1-33(2)34(3,4)37-35(36-33)32-20-19-23(24-11-9-10-16-30(24)32)22-17-18-29-27-14-6-5-12-25(27)26-13-7-8-15-28(26)31(29)21-22/h5-21H,1-4H3. The molecule has 7 rings (SSSR count). The van der Waals surface area contributed by atoms with E-state index >= 15 is 0 Å². The molecule has 0 saturated carbocycles. The van der Waals surface area contributed by atoms with E-state index in [2.05, 4.69) is 131 Å². The average Bonchev–Trinajstić information content (AvgIpc) is 3.14. The lowest BCUT2D eigenvalue weighted by molar-refractivity contribution is 0.00578. The monoisotopic (exact) mass is 480 g/mol. The Morgan fingerprint density at radius 2 is 0.919 bits per heavy atom. The zero-order valence-corrected chi connectivity index (χ0v) is 21.7. The van der Waals surface area contributed by atoms with Crippen molar-refractivity contribution in [2.75, 3.05) is 0 Å². The van der Waals surface area contributed by atoms with E-state index in [0.717, 1.165) is 5.46 Å². The van der Waals surface area contributed by atoms with Gasteiger partial charge in [0.2, 0.25) is 0 Å². The molecular formula is C34H29BO2. The molecule has 1 heterocycles. The number of hydrogen-bond acceptors (Lipinski definition) is 2. The molecule has 2 nitrogen and oxygen atoms in total. The maximum absolute atomic E-state index is 6.43. The van der Waals surface area contributed by atoms with E-state index in [1.807, 2.05) is 0 Å². The molecule has 0 aliphatic carbocycles. The summed E-state index contributed by atoms with van der Waals surface area (Å²) >= 11 is 0. The highest BCUT2D eigenvalue weighted by Crippen LogP contribution is 2.40. The highest BCUT2D eigenvalue weighted by atomic mass is 16.7. The summed E-state index contributed by atoms with van der Waals surface area (Å²) in [4.78, 5) is 0. The Labute approximate surface area is 218 Å². The molecule has 1 saturated heterocycles. The summed E-state index contributed by atoms with van der Waals surface area (Å²) in [6.07, 6.45) is 0. The second-order valence-electron chi connectivity index (χ2n) is 11.2. The van der Waals surface area contributed by atoms with E-state index in [-0.39, 0.29) is 11.2 Å². The number of rotatable bonds is 2. The summed E-state index contributed by atoms with van der Waals surface area (Å²) in [6.45, 7) is 8.42. The van der Waals surface area contributed by atoms with Gasteiger partial charge in [-0.2, -0.15) is 0 Å². The van der Waals surface area contributed by atoms with Crippen LogP contribution in [-0.4, -0.2) is 18.3 Å². The van der Waals surface area contributed by atoms with Gasteiger partial charge in [0, 0.05) is 0 Å². The lowest BCUT2D eigenvalue weighted by Crippen LogP contribution is -2.41. The molecule has 0 atom stereocenters. The Bertz CT molecular complexity index is 1800. The summed E-state index contributed by atoms with van der Waals surface area (Å²) in [7, 11) is -0.393. The predicted octanol–water partition coefficient (Wildman–Crippen LogP) is 8.27. The van der Waals surface area contributed by atoms with E-state index in [1.54, 1.807) is 0 Å². The minimum Gasteiger partial charge on any atom is -0.399 e. The SMILES string of the molecule is CC1(C)OB(c2ccc(-c3ccc4c5ccccc5c5ccccc5c4c3)c3ccccc23)OC1(C)C. The molecule has 0 amide bonds. The van der Waals surface area contributed by atoms with Crippen LogP contribution < -0.4 is 5.46 Å². The molecule has 1 aliphatic rings. The topological polar surface area (TPSA) is 18.5 Å². The van der Waals surface area contributed by atoms with Gasteiger partial charge in [-0.25, -0.2) is 0 Å². The first-order valence-corrected chi connectivity index (χ1v) is 13.0. The second kappa shape index (κ2) is 7.92. The van der Waals surface area contributed by atoms with Gasteiger partial charge in [0.15, 0.2) is 0 Å². The molecule has 0 aromatic heterocycles. The predicted molar refractivity (Wildman–Crippen MR) is 158 cm³/mol. The van der Waals surface area contributed by atoms with Crippen molar-refractivity contribution in [2.24, 2.45) is 0 Å². The van der Waals surface area contributed by atoms with Crippen LogP contribution in [0.5, 0.6) is 0 Å². The summed E-state index contributed by atoms with van der Waals surface area (Å²) in [5, 5.41) is 10.1. The van der Waals surface area contributed by atoms with Crippen LogP contribution in [0.25, 0.3) is 54.2 Å². The summed E-state index contributed by atoms with van der Waals surface area (Å²) in [5.41, 5.74) is 2.76. The highest BCUT2D eigenvalue weighted by Gasteiger charge is 2.52. The zero-order valence-electron chi connectivity index (χ0n) is 21.7. The average molecular weight is 480 g/mol. The van der Waals surface area contributed by atoms with Crippen molar-refractivity contribution in [3.05, 3.63) is 103 Å². The van der Waals surface area contributed by atoms with Gasteiger partial charge >= 0.3 is 7.12 Å². The van der Waals surface area contributed by atoms with Crippen molar-refractivity contribution in [3.63, 3.8) is 0 Å². The molecule has 37 heavy (non-hydrogen) atoms. The Morgan fingerprint density at radius 3 is 1.49 bits per heavy atom. The fourth-order valence-corrected chi connectivity index (χ4v) is 5.82. The Hall–Kier alpha value is -3.66. The highest BCUT2D eigenvalue weighted by molar-refractivity contribution is 6.65. The maximum atomic E-state index is 6.43. The van der Waals surface area contributed by atoms with Crippen LogP contribution in [0.3, 0.4) is 0 Å². The van der Waals surface area contributed by atoms with Gasteiger partial charge in [0.05, 0.1) is 11.2 Å². The summed E-state index contributed by atoms with van der Waals surface area (Å²) in [5.74, 6) is 0. The molecule has 1 aliphatic heterocycles. The van der Waals surface area contributed by atoms with Crippen molar-refractivity contribution >= 4 is 55.7 Å². The third kappa shape index (κ3) is 3.35. The van der Waals surface area contributed by atoms with Crippen LogP contribution in [-0.2, 0) is 9.31 Å². The Balaban J connectivity index is 1.45. The van der Waals surface area contributed by atoms with E-state index in [4.69, 9.17) is 9.31 Å². The molecule has 0 radical (unpaired) electrons. The van der Waals surface area contributed by atoms with Crippen molar-refractivity contribution in [1.82, 2.24) is 0 Å². The van der Waals surface area contributed by atoms with Crippen LogP contribution in [0, 0.1) is 0 Å². The molecule has 6 aromatic carbocycles. The molecule has 0 N–H and O–H groups in total. The largest absolute Gasteiger partial charge is 0.495 e. The molecule has 6 aromatic rings. The first-order chi connectivity index (χ1) is 17.8. The first-order valence-electron chi connectivity index (χ1n) is 13.0. The third-order valence-electron chi connectivity index (χ3n) is 8.52. The van der Waals surface area contributed by atoms with Gasteiger partial charge in [0.1, 0.15) is 0 Å². The molecule has 180 valence electrons. The second-order valence-corrected chi connectivity index (χ2v) is 11.2. The quantitative estimate of drug-likeness (QED) is 0.183. The lowest BCUT2D eigenvalue weighted by atomic mass is 9.75. The fourth-order valence-electron chi connectivity index (χ4n) is 5.82. The smallest absolute Gasteiger partial charge is 0.399 e. The molecule has 0 bridgehead atoms. The Kier molecular flexibility index (Phi) is 4.82. The molecule has 3 heteroatoms. The molecule has 1 fully saturated rings. The normalized spacial score (nSPS) is 16.8. The van der Waals surface area contributed by atoms with Gasteiger partial charge in [-0.1, -0.05) is 97.1 Å². The molecular weight excluding hydrogens is 451 g/mol. The number of benzene rings is 6. The van der Waals surface area contributed by atoms with Crippen LogP contribution in [0.1, 0.15) is 27.7 Å². The van der Waals surface area contributed by atoms with E-state index in [0.29, 0.717) is 0 Å². The van der Waals surface area contributed by atoms with Crippen molar-refractivity contribution in [2.45, 2.75) is 38.9 Å². The van der Waals surface area contributed by atoms with Crippen LogP contribution in [0.2, 0.25) is 0 Å². The van der Waals surface area contributed by atoms with Gasteiger partial charge < -0.3 is 9.31 Å². The van der Waals surface area contributed by atoms with E-state index < -0.39 is 7.12 Å². The minimum atomic E-state index is -0.393. The van der Waals surface area contributed by atoms with Crippen LogP contribution in [0.4, 0.5) is 0 Å². The minimum absolute atomic E-state index is 0.375. The fraction of sp³-hybridized carbons (Fsp3) is 0.176. The number of hydrogen-bond donors (Lipinski definition) is 0. The zero-order chi connectivity index (χ0) is 25.4. The van der Waals surface area contributed by atoms with Crippen molar-refractivity contribution in [1.29, 1.82) is 0 Å². The van der Waals surface area contributed by atoms with Crippen LogP contribution >= 0.6 is 0 Å². The van der Waals surface area contributed by atoms with Crippen LogP contribution in [0.15, 0.2) is 103 Å². The Morgan fingerprint density at radius 1 is 0.459 bits per heavy atom. The van der Waals surface area contributed by atoms with E-state index in [1.165, 1.54) is 54.2 Å². The van der Waals surface area contributed by atoms with Gasteiger partial charge in [-0.3, -0.25) is 0 Å².